The fourth-order valence-corrected chi connectivity index (χ4v) is 9.28. The average Bonchev–Trinajstić information content (AvgIpc) is 3.19. The van der Waals surface area contributed by atoms with Crippen LogP contribution in [0.1, 0.15) is 12.8 Å². The van der Waals surface area contributed by atoms with Gasteiger partial charge in [-0.2, -0.15) is 0 Å². The van der Waals surface area contributed by atoms with Crippen molar-refractivity contribution in [2.24, 2.45) is 0 Å². The minimum Gasteiger partial charge on any atom is -0.339 e. The van der Waals surface area contributed by atoms with Crippen molar-refractivity contribution in [1.29, 1.82) is 0 Å². The highest BCUT2D eigenvalue weighted by Crippen LogP contribution is 2.53. The van der Waals surface area contributed by atoms with Crippen molar-refractivity contribution in [3.8, 4) is 0 Å². The zero-order chi connectivity index (χ0) is 15.6. The van der Waals surface area contributed by atoms with Gasteiger partial charge in [-0.3, -0.25) is 4.67 Å². The van der Waals surface area contributed by atoms with Crippen LogP contribution < -0.4 is 10.4 Å². The van der Waals surface area contributed by atoms with E-state index in [2.05, 4.69) is 72.0 Å². The highest BCUT2D eigenvalue weighted by Gasteiger charge is 2.44. The average molecular weight is 341 g/mol. The molecule has 1 unspecified atom stereocenters. The number of fused-ring (bicyclic) bond motifs is 1. The summed E-state index contributed by atoms with van der Waals surface area (Å²) in [6, 6.07) is 24.2. The molecule has 2 heterocycles. The summed E-state index contributed by atoms with van der Waals surface area (Å²) in [7, 11) is -1.58. The second-order valence-electron chi connectivity index (χ2n) is 6.59. The summed E-state index contributed by atoms with van der Waals surface area (Å²) in [5.74, 6) is 0. The molecule has 0 spiro atoms. The van der Waals surface area contributed by atoms with Gasteiger partial charge in [-0.25, -0.2) is 0 Å². The fraction of sp³-hybridized carbons (Fsp3) is 0.368. The molecule has 0 bridgehead atoms. The third-order valence-corrected chi connectivity index (χ3v) is 10.3. The van der Waals surface area contributed by atoms with Crippen LogP contribution in [0.2, 0.25) is 6.04 Å². The van der Waals surface area contributed by atoms with Crippen molar-refractivity contribution < 1.29 is 4.52 Å². The van der Waals surface area contributed by atoms with Crippen molar-refractivity contribution in [2.45, 2.75) is 31.0 Å². The normalized spacial score (nSPS) is 27.5. The van der Waals surface area contributed by atoms with E-state index in [4.69, 9.17) is 4.52 Å². The van der Waals surface area contributed by atoms with E-state index in [0.717, 1.165) is 0 Å². The molecule has 3 atom stereocenters. The first-order valence-electron chi connectivity index (χ1n) is 8.60. The summed E-state index contributed by atoms with van der Waals surface area (Å²) in [5.41, 5.74) is 0. The first kappa shape index (κ1) is 15.5. The van der Waals surface area contributed by atoms with E-state index in [1.165, 1.54) is 25.4 Å². The molecule has 2 saturated heterocycles. The van der Waals surface area contributed by atoms with Gasteiger partial charge in [0.15, 0.2) is 0 Å². The minimum atomic E-state index is -1.22. The predicted octanol–water partition coefficient (Wildman–Crippen LogP) is 2.83. The van der Waals surface area contributed by atoms with Gasteiger partial charge < -0.3 is 4.52 Å². The van der Waals surface area contributed by atoms with Crippen molar-refractivity contribution in [2.75, 3.05) is 13.2 Å². The van der Waals surface area contributed by atoms with Crippen LogP contribution in [0.4, 0.5) is 0 Å². The monoisotopic (exact) mass is 341 g/mol. The minimum absolute atomic E-state index is 0.358. The molecule has 23 heavy (non-hydrogen) atoms. The molecule has 0 radical (unpaired) electrons. The number of hydrogen-bond donors (Lipinski definition) is 0. The molecule has 2 aromatic rings. The second kappa shape index (κ2) is 6.86. The maximum Gasteiger partial charge on any atom is 0.105 e. The first-order chi connectivity index (χ1) is 11.3. The number of rotatable bonds is 4. The van der Waals surface area contributed by atoms with Crippen LogP contribution in [0.5, 0.6) is 0 Å². The lowest BCUT2D eigenvalue weighted by Gasteiger charge is -2.23. The van der Waals surface area contributed by atoms with Gasteiger partial charge in [0, 0.05) is 12.6 Å². The summed E-state index contributed by atoms with van der Waals surface area (Å²) in [6.07, 6.45) is 3.10. The van der Waals surface area contributed by atoms with E-state index in [1.54, 1.807) is 10.4 Å². The van der Waals surface area contributed by atoms with Gasteiger partial charge in [-0.15, -0.1) is 0 Å². The van der Waals surface area contributed by atoms with Crippen molar-refractivity contribution >= 4 is 27.5 Å². The summed E-state index contributed by atoms with van der Waals surface area (Å²) in [6.45, 7) is 3.53. The third-order valence-electron chi connectivity index (χ3n) is 5.22. The lowest BCUT2D eigenvalue weighted by molar-refractivity contribution is 0.231. The first-order valence-corrected chi connectivity index (χ1v) is 12.2. The lowest BCUT2D eigenvalue weighted by atomic mass is 10.1. The van der Waals surface area contributed by atoms with Gasteiger partial charge in [-0.05, 0) is 25.6 Å². The highest BCUT2D eigenvalue weighted by atomic mass is 31.2. The topological polar surface area (TPSA) is 12.5 Å². The molecule has 4 rings (SSSR count). The zero-order valence-corrected chi connectivity index (χ0v) is 15.7. The van der Waals surface area contributed by atoms with Gasteiger partial charge in [0.25, 0.3) is 0 Å². The molecule has 2 nitrogen and oxygen atoms in total. The van der Waals surface area contributed by atoms with Gasteiger partial charge in [0.1, 0.15) is 17.1 Å². The molecule has 0 aliphatic carbocycles. The molecule has 0 aromatic heterocycles. The molecule has 0 saturated carbocycles. The number of hydrogen-bond acceptors (Lipinski definition) is 2. The van der Waals surface area contributed by atoms with Gasteiger partial charge in [0.2, 0.25) is 0 Å². The second-order valence-corrected chi connectivity index (χ2v) is 11.2. The largest absolute Gasteiger partial charge is 0.339 e. The van der Waals surface area contributed by atoms with Crippen molar-refractivity contribution in [3.05, 3.63) is 60.7 Å². The molecular weight excluding hydrogens is 317 g/mol. The molecule has 2 fully saturated rings. The van der Waals surface area contributed by atoms with Crippen LogP contribution in [0.3, 0.4) is 0 Å². The number of benzene rings is 2. The molecule has 0 amide bonds. The summed E-state index contributed by atoms with van der Waals surface area (Å²) in [4.78, 5) is 0. The lowest BCUT2D eigenvalue weighted by Crippen LogP contribution is -2.46. The molecular formula is C19H24NOPSi. The van der Waals surface area contributed by atoms with Crippen LogP contribution in [0.15, 0.2) is 60.7 Å². The Morgan fingerprint density at radius 2 is 1.65 bits per heavy atom. The molecule has 4 heteroatoms. The molecule has 0 N–H and O–H groups in total. The summed E-state index contributed by atoms with van der Waals surface area (Å²) < 4.78 is 9.07. The van der Waals surface area contributed by atoms with E-state index < -0.39 is 8.80 Å². The Morgan fingerprint density at radius 1 is 1.04 bits per heavy atom. The van der Waals surface area contributed by atoms with Crippen molar-refractivity contribution in [3.63, 3.8) is 0 Å². The van der Waals surface area contributed by atoms with E-state index in [0.29, 0.717) is 12.1 Å². The van der Waals surface area contributed by atoms with Gasteiger partial charge >= 0.3 is 0 Å². The summed E-state index contributed by atoms with van der Waals surface area (Å²) in [5, 5.41) is 3.08. The van der Waals surface area contributed by atoms with Crippen LogP contribution in [-0.2, 0) is 4.52 Å². The predicted molar refractivity (Wildman–Crippen MR) is 102 cm³/mol. The maximum atomic E-state index is 6.43. The van der Waals surface area contributed by atoms with E-state index in [9.17, 15) is 0 Å². The van der Waals surface area contributed by atoms with E-state index in [1.807, 2.05) is 0 Å². The van der Waals surface area contributed by atoms with Crippen LogP contribution in [0.25, 0.3) is 0 Å². The Balaban J connectivity index is 1.62. The number of nitrogens with zero attached hydrogens (tertiary/aromatic N) is 1. The van der Waals surface area contributed by atoms with Crippen LogP contribution in [-0.4, -0.2) is 38.8 Å². The Morgan fingerprint density at radius 3 is 2.26 bits per heavy atom. The smallest absolute Gasteiger partial charge is 0.105 e. The van der Waals surface area contributed by atoms with E-state index in [-0.39, 0.29) is 8.30 Å². The Kier molecular flexibility index (Phi) is 4.63. The van der Waals surface area contributed by atoms with Crippen molar-refractivity contribution in [1.82, 2.24) is 4.67 Å². The quantitative estimate of drug-likeness (QED) is 0.626. The summed E-state index contributed by atoms with van der Waals surface area (Å²) >= 11 is 0. The van der Waals surface area contributed by atoms with Crippen LogP contribution in [0, 0.1) is 0 Å². The molecule has 120 valence electrons. The van der Waals surface area contributed by atoms with Gasteiger partial charge in [-0.1, -0.05) is 71.0 Å². The third kappa shape index (κ3) is 3.16. The zero-order valence-electron chi connectivity index (χ0n) is 13.6. The van der Waals surface area contributed by atoms with E-state index >= 15 is 0 Å². The SMILES string of the molecule is CP1O[C@H](C[SiH](c2ccccc2)c2ccccc2)[C@@H]2CCCN21. The highest BCUT2D eigenvalue weighted by molar-refractivity contribution is 7.49. The Hall–Kier alpha value is -0.993. The standard InChI is InChI=1S/C19H24NOPSi/c1-22-20-14-8-13-18(20)19(21-22)15-23(16-9-4-2-5-10-16)17-11-6-3-7-12-17/h2-7,9-12,18-19,23H,8,13-15H2,1H3/t18-,19+,22?/m0/s1. The molecule has 2 aromatic carbocycles. The molecule has 2 aliphatic heterocycles. The fourth-order valence-electron chi connectivity index (χ4n) is 4.10. The van der Waals surface area contributed by atoms with Gasteiger partial charge in [0.05, 0.1) is 6.10 Å². The molecule has 2 aliphatic rings. The maximum absolute atomic E-state index is 6.43. The Bertz CT molecular complexity index is 599. The Labute approximate surface area is 142 Å². The van der Waals surface area contributed by atoms with Crippen LogP contribution >= 0.6 is 8.30 Å².